The van der Waals surface area contributed by atoms with E-state index in [1.165, 1.54) is 16.7 Å². The summed E-state index contributed by atoms with van der Waals surface area (Å²) in [7, 11) is 0. The largest absolute Gasteiger partial charge is 0.391 e. The summed E-state index contributed by atoms with van der Waals surface area (Å²) in [6.07, 6.45) is 3.77. The minimum absolute atomic E-state index is 0.0816. The fourth-order valence-electron chi connectivity index (χ4n) is 4.75. The first kappa shape index (κ1) is 19.3. The van der Waals surface area contributed by atoms with E-state index < -0.39 is 0 Å². The number of aliphatic hydroxyl groups is 1. The van der Waals surface area contributed by atoms with Gasteiger partial charge in [-0.05, 0) is 55.0 Å². The van der Waals surface area contributed by atoms with E-state index in [-0.39, 0.29) is 12.1 Å². The van der Waals surface area contributed by atoms with Crippen molar-refractivity contribution in [1.29, 1.82) is 0 Å². The molecule has 1 N–H and O–H groups in total. The Morgan fingerprint density at radius 1 is 1.04 bits per heavy atom. The van der Waals surface area contributed by atoms with E-state index in [0.29, 0.717) is 12.3 Å². The Kier molecular flexibility index (Phi) is 6.20. The minimum atomic E-state index is -0.313. The Balaban J connectivity index is 1.24. The number of aldehydes is 1. The highest BCUT2D eigenvalue weighted by atomic mass is 16.3. The highest BCUT2D eigenvalue weighted by Crippen LogP contribution is 2.33. The van der Waals surface area contributed by atoms with E-state index in [9.17, 15) is 9.90 Å². The molecule has 2 unspecified atom stereocenters. The third-order valence-electron chi connectivity index (χ3n) is 6.25. The van der Waals surface area contributed by atoms with Gasteiger partial charge in [0, 0.05) is 19.6 Å². The summed E-state index contributed by atoms with van der Waals surface area (Å²) in [6.45, 7) is 4.67. The fourth-order valence-corrected chi connectivity index (χ4v) is 4.75. The molecule has 0 radical (unpaired) electrons. The summed E-state index contributed by atoms with van der Waals surface area (Å²) >= 11 is 0. The van der Waals surface area contributed by atoms with Gasteiger partial charge in [-0.2, -0.15) is 0 Å². The molecular weight excluding hydrogens is 348 g/mol. The van der Waals surface area contributed by atoms with Gasteiger partial charge in [0.2, 0.25) is 0 Å². The number of likely N-dealkylation sites (tertiary alicyclic amines) is 1. The lowest BCUT2D eigenvalue weighted by molar-refractivity contribution is -0.112. The summed E-state index contributed by atoms with van der Waals surface area (Å²) in [5.74, 6) is 0.624. The van der Waals surface area contributed by atoms with Crippen LogP contribution in [0.25, 0.3) is 0 Å². The molecule has 4 rings (SSSR count). The molecule has 0 aromatic heterocycles. The maximum atomic E-state index is 11.7. The Labute approximate surface area is 167 Å². The molecule has 1 saturated heterocycles. The second kappa shape index (κ2) is 8.99. The van der Waals surface area contributed by atoms with Gasteiger partial charge in [-0.3, -0.25) is 4.90 Å². The van der Waals surface area contributed by atoms with Crippen molar-refractivity contribution >= 4 is 6.29 Å². The summed E-state index contributed by atoms with van der Waals surface area (Å²) < 4.78 is 0. The van der Waals surface area contributed by atoms with E-state index in [4.69, 9.17) is 0 Å². The molecule has 148 valence electrons. The summed E-state index contributed by atoms with van der Waals surface area (Å²) in [5, 5.41) is 10.4. The molecule has 0 saturated carbocycles. The average Bonchev–Trinajstić information content (AvgIpc) is 3.07. The van der Waals surface area contributed by atoms with Crippen LogP contribution >= 0.6 is 0 Å². The molecular formula is C24H30N2O2. The number of benzene rings is 2. The molecule has 0 amide bonds. The second-order valence-electron chi connectivity index (χ2n) is 8.30. The van der Waals surface area contributed by atoms with Crippen LogP contribution in [0.2, 0.25) is 0 Å². The van der Waals surface area contributed by atoms with Gasteiger partial charge in [0.25, 0.3) is 0 Å². The van der Waals surface area contributed by atoms with Crippen LogP contribution in [0.15, 0.2) is 54.6 Å². The lowest BCUT2D eigenvalue weighted by atomic mass is 9.95. The summed E-state index contributed by atoms with van der Waals surface area (Å²) in [4.78, 5) is 16.4. The van der Waals surface area contributed by atoms with Crippen molar-refractivity contribution in [3.8, 4) is 0 Å². The average molecular weight is 379 g/mol. The van der Waals surface area contributed by atoms with E-state index >= 15 is 0 Å². The fraction of sp³-hybridized carbons (Fsp3) is 0.458. The van der Waals surface area contributed by atoms with Gasteiger partial charge in [0.15, 0.2) is 0 Å². The number of fused-ring (bicyclic) bond motifs is 1. The maximum Gasteiger partial charge on any atom is 0.141 e. The third kappa shape index (κ3) is 4.52. The smallest absolute Gasteiger partial charge is 0.141 e. The Morgan fingerprint density at radius 3 is 2.50 bits per heavy atom. The quantitative estimate of drug-likeness (QED) is 0.752. The Bertz CT molecular complexity index is 771. The van der Waals surface area contributed by atoms with Crippen LogP contribution in [0, 0.1) is 5.92 Å². The predicted molar refractivity (Wildman–Crippen MR) is 111 cm³/mol. The Hall–Kier alpha value is -2.01. The molecule has 2 aliphatic heterocycles. The van der Waals surface area contributed by atoms with Crippen LogP contribution in [0.1, 0.15) is 35.6 Å². The molecule has 2 atom stereocenters. The van der Waals surface area contributed by atoms with Crippen LogP contribution in [0.4, 0.5) is 0 Å². The molecule has 2 aliphatic rings. The molecule has 4 heteroatoms. The number of carbonyl (C=O) groups excluding carboxylic acids is 1. The van der Waals surface area contributed by atoms with Gasteiger partial charge in [-0.15, -0.1) is 0 Å². The number of aliphatic hydroxyl groups excluding tert-OH is 1. The van der Waals surface area contributed by atoms with Crippen molar-refractivity contribution in [1.82, 2.24) is 9.80 Å². The lowest BCUT2D eigenvalue weighted by Gasteiger charge is -2.35. The number of nitrogens with zero attached hydrogens (tertiary/aromatic N) is 2. The Morgan fingerprint density at radius 2 is 1.75 bits per heavy atom. The van der Waals surface area contributed by atoms with Gasteiger partial charge < -0.3 is 14.8 Å². The van der Waals surface area contributed by atoms with Crippen LogP contribution in [-0.2, 0) is 17.8 Å². The van der Waals surface area contributed by atoms with Crippen molar-refractivity contribution in [2.75, 3.05) is 26.2 Å². The molecule has 28 heavy (non-hydrogen) atoms. The highest BCUT2D eigenvalue weighted by molar-refractivity contribution is 5.64. The number of rotatable bonds is 7. The SMILES string of the molecule is O=CC1c2ccccc2CN1CC1CCN(CC(O)Cc2ccccc2)CC1. The van der Waals surface area contributed by atoms with Crippen LogP contribution < -0.4 is 0 Å². The molecule has 4 nitrogen and oxygen atoms in total. The number of hydrogen-bond donors (Lipinski definition) is 1. The van der Waals surface area contributed by atoms with Crippen molar-refractivity contribution < 1.29 is 9.90 Å². The molecule has 0 bridgehead atoms. The number of β-amino-alcohol motifs (C(OH)–C–C–N with tert-alkyl or cyclic N) is 1. The van der Waals surface area contributed by atoms with Gasteiger partial charge in [0.1, 0.15) is 6.29 Å². The molecule has 2 aromatic rings. The first-order valence-corrected chi connectivity index (χ1v) is 10.4. The molecule has 2 aromatic carbocycles. The van der Waals surface area contributed by atoms with E-state index in [0.717, 1.165) is 51.9 Å². The topological polar surface area (TPSA) is 43.8 Å². The van der Waals surface area contributed by atoms with Gasteiger partial charge >= 0.3 is 0 Å². The zero-order chi connectivity index (χ0) is 19.3. The maximum absolute atomic E-state index is 11.7. The van der Waals surface area contributed by atoms with E-state index in [1.807, 2.05) is 24.3 Å². The highest BCUT2D eigenvalue weighted by Gasteiger charge is 2.32. The lowest BCUT2D eigenvalue weighted by Crippen LogP contribution is -2.42. The molecule has 1 fully saturated rings. The van der Waals surface area contributed by atoms with Crippen LogP contribution in [-0.4, -0.2) is 53.5 Å². The monoisotopic (exact) mass is 378 g/mol. The van der Waals surface area contributed by atoms with Crippen molar-refractivity contribution in [3.05, 3.63) is 71.3 Å². The van der Waals surface area contributed by atoms with Crippen molar-refractivity contribution in [2.24, 2.45) is 5.92 Å². The van der Waals surface area contributed by atoms with Crippen molar-refractivity contribution in [2.45, 2.75) is 38.0 Å². The number of hydrogen-bond acceptors (Lipinski definition) is 4. The van der Waals surface area contributed by atoms with Crippen molar-refractivity contribution in [3.63, 3.8) is 0 Å². The standard InChI is InChI=1S/C24H30N2O2/c27-18-24-23-9-5-4-8-21(23)16-26(24)15-20-10-12-25(13-11-20)17-22(28)14-19-6-2-1-3-7-19/h1-9,18,20,22,24,28H,10-17H2. The summed E-state index contributed by atoms with van der Waals surface area (Å²) in [6, 6.07) is 18.4. The first-order valence-electron chi connectivity index (χ1n) is 10.4. The zero-order valence-electron chi connectivity index (χ0n) is 16.4. The second-order valence-corrected chi connectivity index (χ2v) is 8.30. The van der Waals surface area contributed by atoms with E-state index in [1.54, 1.807) is 0 Å². The van der Waals surface area contributed by atoms with E-state index in [2.05, 4.69) is 40.1 Å². The minimum Gasteiger partial charge on any atom is -0.391 e. The molecule has 2 heterocycles. The summed E-state index contributed by atoms with van der Waals surface area (Å²) in [5.41, 5.74) is 3.67. The predicted octanol–water partition coefficient (Wildman–Crippen LogP) is 3.06. The number of carbonyl (C=O) groups is 1. The van der Waals surface area contributed by atoms with Gasteiger partial charge in [0.05, 0.1) is 12.1 Å². The third-order valence-corrected chi connectivity index (χ3v) is 6.25. The molecule has 0 spiro atoms. The van der Waals surface area contributed by atoms with Gasteiger partial charge in [-0.1, -0.05) is 54.6 Å². The van der Waals surface area contributed by atoms with Crippen LogP contribution in [0.5, 0.6) is 0 Å². The zero-order valence-corrected chi connectivity index (χ0v) is 16.4. The number of piperidine rings is 1. The normalized spacial score (nSPS) is 22.1. The van der Waals surface area contributed by atoms with Crippen LogP contribution in [0.3, 0.4) is 0 Å². The first-order chi connectivity index (χ1) is 13.7. The van der Waals surface area contributed by atoms with Gasteiger partial charge in [-0.25, -0.2) is 0 Å². The molecule has 0 aliphatic carbocycles.